The van der Waals surface area contributed by atoms with Crippen molar-refractivity contribution in [2.24, 2.45) is 0 Å². The number of rotatable bonds is 5. The van der Waals surface area contributed by atoms with Crippen molar-refractivity contribution in [3.05, 3.63) is 94.7 Å². The number of aromatic amines is 1. The number of hydrogen-bond donors (Lipinski definition) is 2. The summed E-state index contributed by atoms with van der Waals surface area (Å²) in [4.78, 5) is 29.4. The van der Waals surface area contributed by atoms with Gasteiger partial charge in [-0.25, -0.2) is 9.97 Å². The van der Waals surface area contributed by atoms with Gasteiger partial charge in [-0.1, -0.05) is 53.2 Å². The molecule has 0 fully saturated rings. The molecule has 11 heteroatoms. The Morgan fingerprint density at radius 3 is 2.64 bits per heavy atom. The van der Waals surface area contributed by atoms with Gasteiger partial charge in [-0.15, -0.1) is 0 Å². The summed E-state index contributed by atoms with van der Waals surface area (Å²) in [5.74, 6) is 0. The molecule has 0 saturated heterocycles. The molecule has 0 radical (unpaired) electrons. The van der Waals surface area contributed by atoms with Crippen LogP contribution in [-0.2, 0) is 11.4 Å². The lowest BCUT2D eigenvalue weighted by Gasteiger charge is -2.13. The van der Waals surface area contributed by atoms with E-state index in [4.69, 9.17) is 26.1 Å². The van der Waals surface area contributed by atoms with Gasteiger partial charge in [0.2, 0.25) is 4.90 Å². The topological polar surface area (TPSA) is 133 Å². The second-order valence-corrected chi connectivity index (χ2v) is 9.39. The van der Waals surface area contributed by atoms with Crippen molar-refractivity contribution in [3.63, 3.8) is 0 Å². The molecule has 0 aliphatic heterocycles. The summed E-state index contributed by atoms with van der Waals surface area (Å²) in [5, 5.41) is 4.88. The number of anilines is 1. The van der Waals surface area contributed by atoms with Crippen molar-refractivity contribution in [2.75, 3.05) is 4.72 Å². The lowest BCUT2D eigenvalue weighted by Crippen LogP contribution is -2.23. The van der Waals surface area contributed by atoms with E-state index in [-0.39, 0.29) is 10.5 Å². The van der Waals surface area contributed by atoms with E-state index >= 15 is 0 Å². The normalized spacial score (nSPS) is 12.2. The molecule has 36 heavy (non-hydrogen) atoms. The Balaban J connectivity index is 1.56. The fourth-order valence-electron chi connectivity index (χ4n) is 3.84. The number of aromatic nitrogens is 5. The zero-order chi connectivity index (χ0) is 24.6. The molecule has 0 amide bonds. The Morgan fingerprint density at radius 2 is 1.83 bits per heavy atom. The number of nitrogens with zero attached hydrogens (tertiary/aromatic N) is 4. The first-order valence-corrected chi connectivity index (χ1v) is 12.2. The molecule has 2 N–H and O–H groups in total. The molecule has 0 aliphatic carbocycles. The highest BCUT2D eigenvalue weighted by molar-refractivity contribution is 7.92. The Kier molecular flexibility index (Phi) is 5.61. The first-order chi connectivity index (χ1) is 17.6. The minimum Gasteiger partial charge on any atom is -0.588 e. The van der Waals surface area contributed by atoms with Gasteiger partial charge in [0, 0.05) is 28.8 Å². The van der Waals surface area contributed by atoms with Crippen molar-refractivity contribution < 1.29 is 9.08 Å². The fraction of sp³-hybridized carbons (Fsp3) is 0. The van der Waals surface area contributed by atoms with Crippen molar-refractivity contribution in [1.29, 1.82) is 0 Å². The molecule has 0 spiro atoms. The van der Waals surface area contributed by atoms with Crippen LogP contribution in [0.1, 0.15) is 0 Å². The molecule has 6 rings (SSSR count). The molecular weight excluding hydrogens is 500 g/mol. The van der Waals surface area contributed by atoms with Gasteiger partial charge < -0.3 is 14.1 Å². The number of halogens is 1. The number of pyridine rings is 2. The first kappa shape index (κ1) is 22.2. The van der Waals surface area contributed by atoms with Crippen molar-refractivity contribution in [2.45, 2.75) is 4.90 Å². The molecule has 1 atom stereocenters. The van der Waals surface area contributed by atoms with E-state index in [1.165, 1.54) is 18.5 Å². The maximum atomic E-state index is 12.8. The number of hydrogen-bond acceptors (Lipinski definition) is 8. The molecule has 4 heterocycles. The maximum absolute atomic E-state index is 12.8. The van der Waals surface area contributed by atoms with E-state index in [0.29, 0.717) is 33.1 Å². The average molecular weight is 515 g/mol. The Labute approximate surface area is 211 Å². The SMILES string of the molecule is O=c1[nH]c2nc(-c3ccccc3)c(-c3cc(Cl)c4ncccc4c3)nc2cc1[S+]([O-])Nc1cnoc1. The number of nitrogens with one attached hydrogen (secondary N) is 2. The van der Waals surface area contributed by atoms with E-state index in [1.807, 2.05) is 48.5 Å². The molecule has 0 aliphatic rings. The minimum atomic E-state index is -1.89. The van der Waals surface area contributed by atoms with Gasteiger partial charge in [-0.05, 0) is 18.2 Å². The largest absolute Gasteiger partial charge is 0.588 e. The highest BCUT2D eigenvalue weighted by Gasteiger charge is 2.22. The number of H-pyrrole nitrogens is 1. The van der Waals surface area contributed by atoms with Crippen molar-refractivity contribution in [3.8, 4) is 22.5 Å². The van der Waals surface area contributed by atoms with Gasteiger partial charge in [-0.3, -0.25) is 9.78 Å². The molecule has 0 bridgehead atoms. The predicted molar refractivity (Wildman–Crippen MR) is 138 cm³/mol. The third-order valence-electron chi connectivity index (χ3n) is 5.47. The molecule has 4 aromatic heterocycles. The quantitative estimate of drug-likeness (QED) is 0.308. The Bertz CT molecular complexity index is 1780. The third kappa shape index (κ3) is 4.07. The van der Waals surface area contributed by atoms with Crippen LogP contribution in [0, 0.1) is 0 Å². The van der Waals surface area contributed by atoms with Crippen molar-refractivity contribution >= 4 is 50.7 Å². The van der Waals surface area contributed by atoms with Gasteiger partial charge in [0.1, 0.15) is 22.6 Å². The molecule has 2 aromatic carbocycles. The van der Waals surface area contributed by atoms with E-state index < -0.39 is 16.9 Å². The third-order valence-corrected chi connectivity index (χ3v) is 6.88. The Hall–Kier alpha value is -4.25. The van der Waals surface area contributed by atoms with Gasteiger partial charge in [0.25, 0.3) is 0 Å². The summed E-state index contributed by atoms with van der Waals surface area (Å²) in [5.41, 5.74) is 3.79. The Morgan fingerprint density at radius 1 is 1.00 bits per heavy atom. The molecule has 176 valence electrons. The highest BCUT2D eigenvalue weighted by Crippen LogP contribution is 2.34. The predicted octanol–water partition coefficient (Wildman–Crippen LogP) is 4.98. The fourth-order valence-corrected chi connectivity index (χ4v) is 4.98. The molecule has 1 unspecified atom stereocenters. The lowest BCUT2D eigenvalue weighted by atomic mass is 10.0. The van der Waals surface area contributed by atoms with Crippen LogP contribution in [0.25, 0.3) is 44.6 Å². The molecular formula is C25H15ClN6O3S. The number of fused-ring (bicyclic) bond motifs is 2. The standard InChI is InChI=1S/C25H15ClN6O3S/c26-18-10-16(9-15-7-4-8-27-21(15)18)23-22(14-5-2-1-3-6-14)30-24-19(29-23)11-20(25(33)31-24)36(34)32-17-12-28-35-13-17/h1-13,32H,(H,30,31,33). The van der Waals surface area contributed by atoms with Crippen molar-refractivity contribution in [1.82, 2.24) is 25.1 Å². The van der Waals surface area contributed by atoms with Gasteiger partial charge in [0.05, 0.1) is 28.1 Å². The van der Waals surface area contributed by atoms with E-state index in [9.17, 15) is 9.35 Å². The summed E-state index contributed by atoms with van der Waals surface area (Å²) in [7, 11) is 0. The lowest BCUT2D eigenvalue weighted by molar-refractivity contribution is 0.420. The highest BCUT2D eigenvalue weighted by atomic mass is 35.5. The monoisotopic (exact) mass is 514 g/mol. The van der Waals surface area contributed by atoms with Gasteiger partial charge in [0.15, 0.2) is 11.9 Å². The maximum Gasteiger partial charge on any atom is 0.307 e. The van der Waals surface area contributed by atoms with Crippen LogP contribution in [0.5, 0.6) is 0 Å². The van der Waals surface area contributed by atoms with Crippen LogP contribution in [0.3, 0.4) is 0 Å². The molecule has 9 nitrogen and oxygen atoms in total. The zero-order valence-electron chi connectivity index (χ0n) is 18.3. The molecule has 6 aromatic rings. The van der Waals surface area contributed by atoms with E-state index in [2.05, 4.69) is 19.8 Å². The average Bonchev–Trinajstić information content (AvgIpc) is 3.41. The molecule has 0 saturated carbocycles. The summed E-state index contributed by atoms with van der Waals surface area (Å²) in [6.45, 7) is 0. The van der Waals surface area contributed by atoms with Gasteiger partial charge in [-0.2, -0.15) is 4.72 Å². The van der Waals surface area contributed by atoms with Crippen LogP contribution in [0.2, 0.25) is 5.02 Å². The van der Waals surface area contributed by atoms with Gasteiger partial charge >= 0.3 is 5.56 Å². The summed E-state index contributed by atoms with van der Waals surface area (Å²) in [6, 6.07) is 18.5. The van der Waals surface area contributed by atoms with E-state index in [1.54, 1.807) is 12.3 Å². The minimum absolute atomic E-state index is 0.0165. The second kappa shape index (κ2) is 9.08. The zero-order valence-corrected chi connectivity index (χ0v) is 19.9. The van der Waals surface area contributed by atoms with Crippen LogP contribution < -0.4 is 10.3 Å². The van der Waals surface area contributed by atoms with Crippen LogP contribution in [0.4, 0.5) is 5.69 Å². The smallest absolute Gasteiger partial charge is 0.307 e. The van der Waals surface area contributed by atoms with Crippen LogP contribution in [-0.4, -0.2) is 29.6 Å². The van der Waals surface area contributed by atoms with Crippen LogP contribution in [0.15, 0.2) is 93.5 Å². The summed E-state index contributed by atoms with van der Waals surface area (Å²) in [6.07, 6.45) is 4.33. The van der Waals surface area contributed by atoms with Crippen LogP contribution >= 0.6 is 11.6 Å². The number of benzene rings is 2. The summed E-state index contributed by atoms with van der Waals surface area (Å²) < 4.78 is 20.3. The first-order valence-electron chi connectivity index (χ1n) is 10.7. The summed E-state index contributed by atoms with van der Waals surface area (Å²) >= 11 is 4.68. The second-order valence-electron chi connectivity index (χ2n) is 7.80. The van der Waals surface area contributed by atoms with E-state index in [0.717, 1.165) is 16.5 Å².